The Kier molecular flexibility index (Phi) is 4.11. The molecule has 0 fully saturated rings. The predicted octanol–water partition coefficient (Wildman–Crippen LogP) is 2.19. The normalized spacial score (nSPS) is 8.27. The Hall–Kier alpha value is -1.18. The molecule has 0 aliphatic rings. The second-order valence-electron chi connectivity index (χ2n) is 2.13. The molecule has 0 aromatic heterocycles. The average molecular weight is 152 g/mol. The van der Waals surface area contributed by atoms with Crippen molar-refractivity contribution in [2.75, 3.05) is 11.5 Å². The van der Waals surface area contributed by atoms with Crippen molar-refractivity contribution < 1.29 is 0 Å². The zero-order valence-corrected chi connectivity index (χ0v) is 7.39. The molecular formula is C9H16N2. The van der Waals surface area contributed by atoms with Crippen LogP contribution in [0.25, 0.3) is 0 Å². The molecule has 0 aliphatic heterocycles. The quantitative estimate of drug-likeness (QED) is 0.560. The fraction of sp³-hybridized carbons (Fsp3) is 0.333. The van der Waals surface area contributed by atoms with Gasteiger partial charge in [0.2, 0.25) is 0 Å². The Labute approximate surface area is 68.2 Å². The summed E-state index contributed by atoms with van der Waals surface area (Å²) in [5.74, 6) is 0. The molecule has 0 unspecified atom stereocenters. The minimum absolute atomic E-state index is 0.653. The molecule has 0 saturated heterocycles. The Morgan fingerprint density at radius 1 is 1.00 bits per heavy atom. The van der Waals surface area contributed by atoms with Crippen molar-refractivity contribution >= 4 is 11.4 Å². The summed E-state index contributed by atoms with van der Waals surface area (Å²) in [7, 11) is 0. The fourth-order valence-electron chi connectivity index (χ4n) is 0.694. The first-order chi connectivity index (χ1) is 5.20. The van der Waals surface area contributed by atoms with Crippen LogP contribution in [0.1, 0.15) is 19.4 Å². The maximum Gasteiger partial charge on any atom is 0.0550 e. The molecule has 2 heteroatoms. The number of hydrogen-bond donors (Lipinski definition) is 2. The van der Waals surface area contributed by atoms with Crippen molar-refractivity contribution in [2.24, 2.45) is 0 Å². The van der Waals surface area contributed by atoms with E-state index in [0.717, 1.165) is 5.56 Å². The maximum atomic E-state index is 5.50. The molecule has 2 nitrogen and oxygen atoms in total. The highest BCUT2D eigenvalue weighted by Crippen LogP contribution is 2.14. The topological polar surface area (TPSA) is 52.0 Å². The Balaban J connectivity index is 0.000000461. The van der Waals surface area contributed by atoms with E-state index in [1.54, 1.807) is 0 Å². The van der Waals surface area contributed by atoms with Crippen LogP contribution in [0.3, 0.4) is 0 Å². The lowest BCUT2D eigenvalue weighted by Gasteiger charge is -1.98. The van der Waals surface area contributed by atoms with Crippen LogP contribution in [-0.4, -0.2) is 0 Å². The van der Waals surface area contributed by atoms with Crippen molar-refractivity contribution in [2.45, 2.75) is 20.8 Å². The molecule has 0 radical (unpaired) electrons. The van der Waals surface area contributed by atoms with Crippen LogP contribution in [0.4, 0.5) is 11.4 Å². The highest BCUT2D eigenvalue weighted by molar-refractivity contribution is 5.63. The van der Waals surface area contributed by atoms with Crippen molar-refractivity contribution in [1.29, 1.82) is 0 Å². The maximum absolute atomic E-state index is 5.50. The van der Waals surface area contributed by atoms with E-state index in [9.17, 15) is 0 Å². The zero-order chi connectivity index (χ0) is 8.85. The van der Waals surface area contributed by atoms with Crippen LogP contribution in [0.2, 0.25) is 0 Å². The molecular weight excluding hydrogens is 136 g/mol. The van der Waals surface area contributed by atoms with E-state index < -0.39 is 0 Å². The van der Waals surface area contributed by atoms with E-state index in [1.165, 1.54) is 0 Å². The summed E-state index contributed by atoms with van der Waals surface area (Å²) in [5, 5.41) is 0. The highest BCUT2D eigenvalue weighted by atomic mass is 14.7. The zero-order valence-electron chi connectivity index (χ0n) is 7.39. The minimum Gasteiger partial charge on any atom is -0.397 e. The van der Waals surface area contributed by atoms with Crippen LogP contribution in [0.15, 0.2) is 18.2 Å². The summed E-state index contributed by atoms with van der Waals surface area (Å²) in [4.78, 5) is 0. The van der Waals surface area contributed by atoms with E-state index in [2.05, 4.69) is 0 Å². The van der Waals surface area contributed by atoms with Crippen molar-refractivity contribution in [3.63, 3.8) is 0 Å². The van der Waals surface area contributed by atoms with Gasteiger partial charge in [-0.05, 0) is 24.6 Å². The first kappa shape index (κ1) is 9.82. The molecule has 11 heavy (non-hydrogen) atoms. The SMILES string of the molecule is CC.Cc1ccc(N)c(N)c1. The van der Waals surface area contributed by atoms with Gasteiger partial charge in [0, 0.05) is 0 Å². The summed E-state index contributed by atoms with van der Waals surface area (Å²) < 4.78 is 0. The summed E-state index contributed by atoms with van der Waals surface area (Å²) in [5.41, 5.74) is 13.4. The highest BCUT2D eigenvalue weighted by Gasteiger charge is 1.90. The largest absolute Gasteiger partial charge is 0.397 e. The molecule has 1 aromatic rings. The molecule has 1 rings (SSSR count). The van der Waals surface area contributed by atoms with E-state index >= 15 is 0 Å². The van der Waals surface area contributed by atoms with Crippen LogP contribution in [-0.2, 0) is 0 Å². The fourth-order valence-corrected chi connectivity index (χ4v) is 0.694. The molecule has 0 heterocycles. The summed E-state index contributed by atoms with van der Waals surface area (Å²) in [6, 6.07) is 5.60. The third-order valence-corrected chi connectivity index (χ3v) is 1.24. The van der Waals surface area contributed by atoms with Gasteiger partial charge in [0.1, 0.15) is 0 Å². The molecule has 4 N–H and O–H groups in total. The molecule has 0 atom stereocenters. The number of hydrogen-bond acceptors (Lipinski definition) is 2. The summed E-state index contributed by atoms with van der Waals surface area (Å²) >= 11 is 0. The first-order valence-corrected chi connectivity index (χ1v) is 3.82. The molecule has 1 aromatic carbocycles. The lowest BCUT2D eigenvalue weighted by Crippen LogP contribution is -1.93. The van der Waals surface area contributed by atoms with Gasteiger partial charge in [-0.3, -0.25) is 0 Å². The van der Waals surface area contributed by atoms with E-state index in [4.69, 9.17) is 11.5 Å². The average Bonchev–Trinajstić information content (AvgIpc) is 2.02. The second kappa shape index (κ2) is 4.61. The van der Waals surface area contributed by atoms with E-state index in [-0.39, 0.29) is 0 Å². The monoisotopic (exact) mass is 152 g/mol. The molecule has 0 bridgehead atoms. The second-order valence-corrected chi connectivity index (χ2v) is 2.13. The molecule has 0 amide bonds. The number of nitrogens with two attached hydrogens (primary N) is 2. The smallest absolute Gasteiger partial charge is 0.0550 e. The number of benzene rings is 1. The van der Waals surface area contributed by atoms with Crippen molar-refractivity contribution in [3.05, 3.63) is 23.8 Å². The third-order valence-electron chi connectivity index (χ3n) is 1.24. The van der Waals surface area contributed by atoms with E-state index in [1.807, 2.05) is 39.0 Å². The number of aryl methyl sites for hydroxylation is 1. The van der Waals surface area contributed by atoms with Crippen molar-refractivity contribution in [3.8, 4) is 0 Å². The molecule has 62 valence electrons. The van der Waals surface area contributed by atoms with Gasteiger partial charge < -0.3 is 11.5 Å². The van der Waals surface area contributed by atoms with Gasteiger partial charge in [-0.2, -0.15) is 0 Å². The third kappa shape index (κ3) is 2.94. The lowest BCUT2D eigenvalue weighted by atomic mass is 10.2. The molecule has 0 aliphatic carbocycles. The predicted molar refractivity (Wildman–Crippen MR) is 51.4 cm³/mol. The van der Waals surface area contributed by atoms with Crippen molar-refractivity contribution in [1.82, 2.24) is 0 Å². The number of nitrogen functional groups attached to an aromatic ring is 2. The Morgan fingerprint density at radius 2 is 1.55 bits per heavy atom. The molecule has 0 spiro atoms. The summed E-state index contributed by atoms with van der Waals surface area (Å²) in [6.07, 6.45) is 0. The number of rotatable bonds is 0. The van der Waals surface area contributed by atoms with Gasteiger partial charge in [-0.25, -0.2) is 0 Å². The van der Waals surface area contributed by atoms with Gasteiger partial charge in [0.05, 0.1) is 11.4 Å². The van der Waals surface area contributed by atoms with Crippen LogP contribution >= 0.6 is 0 Å². The number of anilines is 2. The van der Waals surface area contributed by atoms with Gasteiger partial charge in [0.15, 0.2) is 0 Å². The Morgan fingerprint density at radius 3 is 1.91 bits per heavy atom. The van der Waals surface area contributed by atoms with Crippen LogP contribution < -0.4 is 11.5 Å². The minimum atomic E-state index is 0.653. The van der Waals surface area contributed by atoms with Crippen LogP contribution in [0.5, 0.6) is 0 Å². The lowest BCUT2D eigenvalue weighted by molar-refractivity contribution is 1.47. The Bertz CT molecular complexity index is 219. The summed E-state index contributed by atoms with van der Waals surface area (Å²) in [6.45, 7) is 5.98. The van der Waals surface area contributed by atoms with Gasteiger partial charge >= 0.3 is 0 Å². The molecule has 0 saturated carbocycles. The van der Waals surface area contributed by atoms with E-state index in [0.29, 0.717) is 11.4 Å². The van der Waals surface area contributed by atoms with Gasteiger partial charge in [0.25, 0.3) is 0 Å². The first-order valence-electron chi connectivity index (χ1n) is 3.82. The van der Waals surface area contributed by atoms with Gasteiger partial charge in [-0.1, -0.05) is 19.9 Å². The standard InChI is InChI=1S/C7H10N2.C2H6/c1-5-2-3-6(8)7(9)4-5;1-2/h2-4H,8-9H2,1H3;1-2H3. The van der Waals surface area contributed by atoms with Gasteiger partial charge in [-0.15, -0.1) is 0 Å². The van der Waals surface area contributed by atoms with Crippen LogP contribution in [0, 0.1) is 6.92 Å².